The molecule has 0 spiro atoms. The first-order valence-corrected chi connectivity index (χ1v) is 6.28. The molecule has 0 aromatic heterocycles. The van der Waals surface area contributed by atoms with Gasteiger partial charge in [0.05, 0.1) is 0 Å². The van der Waals surface area contributed by atoms with E-state index in [2.05, 4.69) is 54.9 Å². The lowest BCUT2D eigenvalue weighted by Gasteiger charge is -2.13. The maximum Gasteiger partial charge on any atom is 0.0397 e. The average molecular weight is 255 g/mol. The SMILES string of the molecule is CCCCC(Br)c1ccc(C)cc1C. The van der Waals surface area contributed by atoms with Gasteiger partial charge in [-0.25, -0.2) is 0 Å². The molecular weight excluding hydrogens is 236 g/mol. The van der Waals surface area contributed by atoms with Gasteiger partial charge < -0.3 is 0 Å². The zero-order valence-corrected chi connectivity index (χ0v) is 10.9. The Morgan fingerprint density at radius 3 is 2.57 bits per heavy atom. The number of hydrogen-bond acceptors (Lipinski definition) is 0. The number of halogens is 1. The van der Waals surface area contributed by atoms with E-state index in [1.165, 1.54) is 36.0 Å². The van der Waals surface area contributed by atoms with Gasteiger partial charge in [-0.3, -0.25) is 0 Å². The predicted octanol–water partition coefficient (Wildman–Crippen LogP) is 4.93. The average Bonchev–Trinajstić information content (AvgIpc) is 2.14. The van der Waals surface area contributed by atoms with Crippen LogP contribution in [-0.4, -0.2) is 0 Å². The molecule has 0 heterocycles. The minimum atomic E-state index is 0.531. The molecular formula is C13H19Br. The van der Waals surface area contributed by atoms with Gasteiger partial charge in [-0.05, 0) is 31.4 Å². The lowest BCUT2D eigenvalue weighted by molar-refractivity contribution is 0.711. The summed E-state index contributed by atoms with van der Waals surface area (Å²) in [5, 5.41) is 0. The first-order chi connectivity index (χ1) is 6.65. The van der Waals surface area contributed by atoms with Crippen molar-refractivity contribution >= 4 is 15.9 Å². The predicted molar refractivity (Wildman–Crippen MR) is 67.1 cm³/mol. The lowest BCUT2D eigenvalue weighted by atomic mass is 10.0. The Morgan fingerprint density at radius 1 is 1.29 bits per heavy atom. The van der Waals surface area contributed by atoms with Gasteiger partial charge in [0, 0.05) is 4.83 Å². The third kappa shape index (κ3) is 3.13. The van der Waals surface area contributed by atoms with Crippen molar-refractivity contribution in [2.24, 2.45) is 0 Å². The monoisotopic (exact) mass is 254 g/mol. The fourth-order valence-corrected chi connectivity index (χ4v) is 2.55. The lowest BCUT2D eigenvalue weighted by Crippen LogP contribution is -1.94. The van der Waals surface area contributed by atoms with Crippen molar-refractivity contribution in [2.75, 3.05) is 0 Å². The van der Waals surface area contributed by atoms with Gasteiger partial charge in [-0.2, -0.15) is 0 Å². The summed E-state index contributed by atoms with van der Waals surface area (Å²) < 4.78 is 0. The van der Waals surface area contributed by atoms with Crippen molar-refractivity contribution < 1.29 is 0 Å². The summed E-state index contributed by atoms with van der Waals surface area (Å²) in [5.41, 5.74) is 4.20. The largest absolute Gasteiger partial charge is 0.0839 e. The van der Waals surface area contributed by atoms with Crippen LogP contribution in [0.5, 0.6) is 0 Å². The maximum atomic E-state index is 3.76. The highest BCUT2D eigenvalue weighted by atomic mass is 79.9. The van der Waals surface area contributed by atoms with E-state index in [4.69, 9.17) is 0 Å². The molecule has 0 amide bonds. The Balaban J connectivity index is 2.74. The van der Waals surface area contributed by atoms with Crippen molar-refractivity contribution in [2.45, 2.75) is 44.9 Å². The Kier molecular flexibility index (Phi) is 4.67. The molecule has 1 unspecified atom stereocenters. The number of unbranched alkanes of at least 4 members (excludes halogenated alkanes) is 1. The van der Waals surface area contributed by atoms with E-state index in [9.17, 15) is 0 Å². The third-order valence-corrected chi connectivity index (χ3v) is 3.52. The topological polar surface area (TPSA) is 0 Å². The number of rotatable bonds is 4. The molecule has 0 bridgehead atoms. The van der Waals surface area contributed by atoms with Crippen molar-refractivity contribution in [1.29, 1.82) is 0 Å². The van der Waals surface area contributed by atoms with E-state index in [1.54, 1.807) is 0 Å². The van der Waals surface area contributed by atoms with Crippen LogP contribution in [0, 0.1) is 13.8 Å². The molecule has 0 saturated carbocycles. The second-order valence-corrected chi connectivity index (χ2v) is 5.08. The normalized spacial score (nSPS) is 12.9. The highest BCUT2D eigenvalue weighted by molar-refractivity contribution is 9.09. The minimum absolute atomic E-state index is 0.531. The molecule has 0 saturated heterocycles. The quantitative estimate of drug-likeness (QED) is 0.669. The summed E-state index contributed by atoms with van der Waals surface area (Å²) in [6, 6.07) is 6.71. The third-order valence-electron chi connectivity index (χ3n) is 2.57. The molecule has 1 atom stereocenters. The summed E-state index contributed by atoms with van der Waals surface area (Å²) >= 11 is 3.76. The van der Waals surface area contributed by atoms with Crippen LogP contribution < -0.4 is 0 Å². The Morgan fingerprint density at radius 2 is 2.00 bits per heavy atom. The van der Waals surface area contributed by atoms with Crippen LogP contribution in [0.1, 0.15) is 47.7 Å². The highest BCUT2D eigenvalue weighted by Gasteiger charge is 2.08. The van der Waals surface area contributed by atoms with Crippen LogP contribution in [0.4, 0.5) is 0 Å². The van der Waals surface area contributed by atoms with Crippen molar-refractivity contribution in [3.8, 4) is 0 Å². The van der Waals surface area contributed by atoms with Gasteiger partial charge in [0.25, 0.3) is 0 Å². The molecule has 0 aliphatic carbocycles. The van der Waals surface area contributed by atoms with Gasteiger partial charge >= 0.3 is 0 Å². The smallest absolute Gasteiger partial charge is 0.0397 e. The van der Waals surface area contributed by atoms with E-state index in [0.717, 1.165) is 0 Å². The standard InChI is InChI=1S/C13H19Br/c1-4-5-6-13(14)12-8-7-10(2)9-11(12)3/h7-9,13H,4-6H2,1-3H3. The molecule has 0 nitrogen and oxygen atoms in total. The van der Waals surface area contributed by atoms with E-state index in [-0.39, 0.29) is 0 Å². The number of hydrogen-bond donors (Lipinski definition) is 0. The molecule has 0 N–H and O–H groups in total. The number of aryl methyl sites for hydroxylation is 2. The Labute approximate surface area is 95.9 Å². The van der Waals surface area contributed by atoms with Crippen LogP contribution in [-0.2, 0) is 0 Å². The van der Waals surface area contributed by atoms with Crippen molar-refractivity contribution in [3.63, 3.8) is 0 Å². The molecule has 78 valence electrons. The van der Waals surface area contributed by atoms with Crippen LogP contribution in [0.3, 0.4) is 0 Å². The summed E-state index contributed by atoms with van der Waals surface area (Å²) in [6.07, 6.45) is 3.80. The number of alkyl halides is 1. The highest BCUT2D eigenvalue weighted by Crippen LogP contribution is 2.30. The van der Waals surface area contributed by atoms with Gasteiger partial charge in [0.1, 0.15) is 0 Å². The molecule has 1 aromatic carbocycles. The molecule has 1 aromatic rings. The van der Waals surface area contributed by atoms with Crippen LogP contribution in [0.15, 0.2) is 18.2 Å². The zero-order valence-electron chi connectivity index (χ0n) is 9.31. The van der Waals surface area contributed by atoms with Gasteiger partial charge in [-0.1, -0.05) is 59.5 Å². The Bertz CT molecular complexity index is 291. The van der Waals surface area contributed by atoms with Gasteiger partial charge in [0.2, 0.25) is 0 Å². The molecule has 0 fully saturated rings. The van der Waals surface area contributed by atoms with E-state index >= 15 is 0 Å². The molecule has 0 aliphatic rings. The van der Waals surface area contributed by atoms with E-state index in [1.807, 2.05) is 0 Å². The fraction of sp³-hybridized carbons (Fsp3) is 0.538. The molecule has 1 heteroatoms. The molecule has 0 radical (unpaired) electrons. The van der Waals surface area contributed by atoms with Crippen LogP contribution in [0.2, 0.25) is 0 Å². The second-order valence-electron chi connectivity index (χ2n) is 3.97. The molecule has 1 rings (SSSR count). The summed E-state index contributed by atoms with van der Waals surface area (Å²) in [7, 11) is 0. The maximum absolute atomic E-state index is 3.76. The van der Waals surface area contributed by atoms with Crippen LogP contribution >= 0.6 is 15.9 Å². The van der Waals surface area contributed by atoms with E-state index in [0.29, 0.717) is 4.83 Å². The summed E-state index contributed by atoms with van der Waals surface area (Å²) in [5.74, 6) is 0. The fourth-order valence-electron chi connectivity index (χ4n) is 1.72. The first kappa shape index (κ1) is 11.8. The van der Waals surface area contributed by atoms with Crippen molar-refractivity contribution in [1.82, 2.24) is 0 Å². The Hall–Kier alpha value is -0.300. The zero-order chi connectivity index (χ0) is 10.6. The van der Waals surface area contributed by atoms with Crippen molar-refractivity contribution in [3.05, 3.63) is 34.9 Å². The minimum Gasteiger partial charge on any atom is -0.0839 e. The molecule has 0 aliphatic heterocycles. The summed E-state index contributed by atoms with van der Waals surface area (Å²) in [4.78, 5) is 0.531. The van der Waals surface area contributed by atoms with Gasteiger partial charge in [0.15, 0.2) is 0 Å². The van der Waals surface area contributed by atoms with Gasteiger partial charge in [-0.15, -0.1) is 0 Å². The number of benzene rings is 1. The second kappa shape index (κ2) is 5.55. The molecule has 14 heavy (non-hydrogen) atoms. The van der Waals surface area contributed by atoms with Crippen LogP contribution in [0.25, 0.3) is 0 Å². The first-order valence-electron chi connectivity index (χ1n) is 5.36. The summed E-state index contributed by atoms with van der Waals surface area (Å²) in [6.45, 7) is 6.58. The van der Waals surface area contributed by atoms with E-state index < -0.39 is 0 Å².